The number of fused-ring (bicyclic) bond motifs is 1. The van der Waals surface area contributed by atoms with Crippen LogP contribution in [0.25, 0.3) is 10.8 Å². The Labute approximate surface area is 102 Å². The smallest absolute Gasteiger partial charge is 0.185 e. The molecule has 0 aliphatic heterocycles. The molecular formula is C10H7ClO3S2. The Hall–Kier alpha value is -0.910. The minimum atomic E-state index is -3.32. The molecule has 0 radical (unpaired) electrons. The van der Waals surface area contributed by atoms with Crippen molar-refractivity contribution in [3.05, 3.63) is 28.1 Å². The zero-order valence-electron chi connectivity index (χ0n) is 8.23. The molecule has 0 fully saturated rings. The van der Waals surface area contributed by atoms with Crippen molar-refractivity contribution in [3.8, 4) is 0 Å². The van der Waals surface area contributed by atoms with Crippen LogP contribution in [0.4, 0.5) is 0 Å². The molecule has 0 atom stereocenters. The first-order valence-corrected chi connectivity index (χ1v) is 7.45. The van der Waals surface area contributed by atoms with Crippen molar-refractivity contribution < 1.29 is 13.2 Å². The molecule has 0 saturated carbocycles. The molecule has 0 amide bonds. The van der Waals surface area contributed by atoms with Gasteiger partial charge in [-0.1, -0.05) is 17.7 Å². The fraction of sp³-hybridized carbons (Fsp3) is 0.100. The predicted octanol–water partition coefficient (Wildman–Crippen LogP) is 2.77. The zero-order valence-corrected chi connectivity index (χ0v) is 10.6. The average Bonchev–Trinajstić information content (AvgIpc) is 2.62. The van der Waals surface area contributed by atoms with E-state index in [-0.39, 0.29) is 9.23 Å². The van der Waals surface area contributed by atoms with E-state index in [1.165, 1.54) is 0 Å². The molecule has 0 bridgehead atoms. The van der Waals surface area contributed by atoms with Gasteiger partial charge >= 0.3 is 0 Å². The summed E-state index contributed by atoms with van der Waals surface area (Å²) in [5, 5.41) is 3.10. The van der Waals surface area contributed by atoms with Crippen molar-refractivity contribution in [3.63, 3.8) is 0 Å². The van der Waals surface area contributed by atoms with Crippen molar-refractivity contribution in [1.82, 2.24) is 0 Å². The summed E-state index contributed by atoms with van der Waals surface area (Å²) in [6.45, 7) is 0. The highest BCUT2D eigenvalue weighted by atomic mass is 35.5. The van der Waals surface area contributed by atoms with Crippen LogP contribution in [0, 0.1) is 0 Å². The third kappa shape index (κ3) is 1.75. The van der Waals surface area contributed by atoms with Gasteiger partial charge in [-0.15, -0.1) is 11.3 Å². The normalized spacial score (nSPS) is 11.9. The number of hydrogen-bond acceptors (Lipinski definition) is 4. The lowest BCUT2D eigenvalue weighted by Gasteiger charge is -2.00. The third-order valence-corrected chi connectivity index (χ3v) is 5.44. The average molecular weight is 275 g/mol. The number of aldehydes is 1. The van der Waals surface area contributed by atoms with E-state index >= 15 is 0 Å². The Kier molecular flexibility index (Phi) is 2.77. The van der Waals surface area contributed by atoms with E-state index in [1.54, 1.807) is 17.5 Å². The Morgan fingerprint density at radius 2 is 2.06 bits per heavy atom. The van der Waals surface area contributed by atoms with Crippen molar-refractivity contribution >= 4 is 49.8 Å². The van der Waals surface area contributed by atoms with Crippen LogP contribution in [0.15, 0.2) is 21.7 Å². The Morgan fingerprint density at radius 3 is 2.62 bits per heavy atom. The summed E-state index contributed by atoms with van der Waals surface area (Å²) in [6.07, 6.45) is 1.74. The van der Waals surface area contributed by atoms with Crippen molar-refractivity contribution in [2.24, 2.45) is 0 Å². The number of rotatable bonds is 2. The lowest BCUT2D eigenvalue weighted by molar-refractivity contribution is 0.112. The molecule has 0 saturated heterocycles. The monoisotopic (exact) mass is 274 g/mol. The van der Waals surface area contributed by atoms with Crippen molar-refractivity contribution in [1.29, 1.82) is 0 Å². The highest BCUT2D eigenvalue weighted by Crippen LogP contribution is 2.36. The van der Waals surface area contributed by atoms with Gasteiger partial charge in [-0.3, -0.25) is 4.79 Å². The van der Waals surface area contributed by atoms with Gasteiger partial charge in [0.15, 0.2) is 16.1 Å². The molecule has 1 aromatic carbocycles. The second kappa shape index (κ2) is 3.84. The second-order valence-corrected chi connectivity index (χ2v) is 6.81. The number of sulfone groups is 1. The van der Waals surface area contributed by atoms with Crippen LogP contribution < -0.4 is 0 Å². The van der Waals surface area contributed by atoms with Crippen LogP contribution >= 0.6 is 22.9 Å². The van der Waals surface area contributed by atoms with Crippen molar-refractivity contribution in [2.45, 2.75) is 4.21 Å². The van der Waals surface area contributed by atoms with E-state index < -0.39 is 9.84 Å². The summed E-state index contributed by atoms with van der Waals surface area (Å²) < 4.78 is 23.3. The summed E-state index contributed by atoms with van der Waals surface area (Å²) >= 11 is 7.12. The van der Waals surface area contributed by atoms with E-state index in [0.717, 1.165) is 23.0 Å². The first-order chi connectivity index (χ1) is 7.45. The lowest BCUT2D eigenvalue weighted by Crippen LogP contribution is -1.95. The minimum absolute atomic E-state index is 0.203. The van der Waals surface area contributed by atoms with Crippen LogP contribution in [0.2, 0.25) is 5.02 Å². The maximum Gasteiger partial charge on any atom is 0.185 e. The number of carbonyl (C=O) groups is 1. The van der Waals surface area contributed by atoms with Crippen LogP contribution in [-0.2, 0) is 9.84 Å². The van der Waals surface area contributed by atoms with Crippen LogP contribution in [0.1, 0.15) is 10.4 Å². The fourth-order valence-corrected chi connectivity index (χ4v) is 4.08. The summed E-state index contributed by atoms with van der Waals surface area (Å²) in [7, 11) is -3.32. The van der Waals surface area contributed by atoms with E-state index in [9.17, 15) is 13.2 Å². The maximum absolute atomic E-state index is 11.5. The zero-order chi connectivity index (χ0) is 11.9. The highest BCUT2D eigenvalue weighted by molar-refractivity contribution is 7.93. The maximum atomic E-state index is 11.5. The molecule has 0 spiro atoms. The Balaban J connectivity index is 2.95. The molecule has 1 heterocycles. The van der Waals surface area contributed by atoms with Crippen LogP contribution in [-0.4, -0.2) is 21.0 Å². The van der Waals surface area contributed by atoms with Crippen LogP contribution in [0.5, 0.6) is 0 Å². The molecular weight excluding hydrogens is 268 g/mol. The van der Waals surface area contributed by atoms with Gasteiger partial charge in [0, 0.05) is 17.2 Å². The summed E-state index contributed by atoms with van der Waals surface area (Å²) in [4.78, 5) is 10.7. The second-order valence-electron chi connectivity index (χ2n) is 3.35. The molecule has 1 aromatic heterocycles. The number of hydrogen-bond donors (Lipinski definition) is 0. The molecule has 0 aliphatic rings. The van der Waals surface area contributed by atoms with Gasteiger partial charge in [-0.2, -0.15) is 0 Å². The number of thiophene rings is 1. The summed E-state index contributed by atoms with van der Waals surface area (Å²) in [5.41, 5.74) is 0.303. The fourth-order valence-electron chi connectivity index (χ4n) is 1.45. The van der Waals surface area contributed by atoms with E-state index in [2.05, 4.69) is 0 Å². The Morgan fingerprint density at radius 1 is 1.38 bits per heavy atom. The molecule has 84 valence electrons. The van der Waals surface area contributed by atoms with E-state index in [4.69, 9.17) is 11.6 Å². The SMILES string of the molecule is CS(=O)(=O)c1scc2ccc(C=O)c(Cl)c12. The minimum Gasteiger partial charge on any atom is -0.298 e. The van der Waals surface area contributed by atoms with Gasteiger partial charge in [0.05, 0.1) is 5.02 Å². The first-order valence-electron chi connectivity index (χ1n) is 4.30. The first kappa shape index (κ1) is 11.6. The Bertz CT molecular complexity index is 671. The van der Waals surface area contributed by atoms with Gasteiger partial charge in [-0.05, 0) is 16.8 Å². The number of carbonyl (C=O) groups excluding carboxylic acids is 1. The van der Waals surface area contributed by atoms with Crippen molar-refractivity contribution in [2.75, 3.05) is 6.26 Å². The van der Waals surface area contributed by atoms with E-state index in [0.29, 0.717) is 17.2 Å². The van der Waals surface area contributed by atoms with Gasteiger partial charge in [-0.25, -0.2) is 8.42 Å². The molecule has 16 heavy (non-hydrogen) atoms. The topological polar surface area (TPSA) is 51.2 Å². The largest absolute Gasteiger partial charge is 0.298 e. The standard InChI is InChI=1S/C10H7ClO3S2/c1-16(13,14)10-8-7(5-15-10)3-2-6(4-12)9(8)11/h2-5H,1H3. The van der Waals surface area contributed by atoms with E-state index in [1.807, 2.05) is 0 Å². The molecule has 2 rings (SSSR count). The van der Waals surface area contributed by atoms with Gasteiger partial charge in [0.25, 0.3) is 0 Å². The highest BCUT2D eigenvalue weighted by Gasteiger charge is 2.18. The summed E-state index contributed by atoms with van der Waals surface area (Å²) in [6, 6.07) is 3.27. The third-order valence-electron chi connectivity index (χ3n) is 2.16. The predicted molar refractivity (Wildman–Crippen MR) is 65.3 cm³/mol. The molecule has 2 aromatic rings. The number of halogens is 1. The molecule has 0 N–H and O–H groups in total. The van der Waals surface area contributed by atoms with Gasteiger partial charge < -0.3 is 0 Å². The van der Waals surface area contributed by atoms with Gasteiger partial charge in [0.2, 0.25) is 0 Å². The molecule has 6 heteroatoms. The molecule has 0 aliphatic carbocycles. The molecule has 0 unspecified atom stereocenters. The van der Waals surface area contributed by atoms with Crippen LogP contribution in [0.3, 0.4) is 0 Å². The quantitative estimate of drug-likeness (QED) is 0.791. The lowest BCUT2D eigenvalue weighted by atomic mass is 10.1. The number of benzene rings is 1. The van der Waals surface area contributed by atoms with Gasteiger partial charge in [0.1, 0.15) is 4.21 Å². The molecule has 3 nitrogen and oxygen atoms in total. The summed E-state index contributed by atoms with van der Waals surface area (Å²) in [5.74, 6) is 0.